The lowest BCUT2D eigenvalue weighted by Gasteiger charge is -2.33. The molecule has 96 valence electrons. The monoisotopic (exact) mass is 252 g/mol. The molecule has 2 aromatic rings. The third-order valence-electron chi connectivity index (χ3n) is 3.47. The van der Waals surface area contributed by atoms with Crippen molar-refractivity contribution >= 4 is 11.6 Å². The maximum absolute atomic E-state index is 12.2. The average molecular weight is 252 g/mol. The first kappa shape index (κ1) is 11.8. The first-order valence-electron chi connectivity index (χ1n) is 6.52. The van der Waals surface area contributed by atoms with Gasteiger partial charge in [-0.3, -0.25) is 15.2 Å². The van der Waals surface area contributed by atoms with Crippen LogP contribution in [-0.2, 0) is 4.79 Å². The molecule has 3 heteroatoms. The summed E-state index contributed by atoms with van der Waals surface area (Å²) in [7, 11) is 0. The highest BCUT2D eigenvalue weighted by Crippen LogP contribution is 2.25. The summed E-state index contributed by atoms with van der Waals surface area (Å²) < 4.78 is 0. The van der Waals surface area contributed by atoms with Crippen LogP contribution in [0.3, 0.4) is 0 Å². The molecule has 0 bridgehead atoms. The van der Waals surface area contributed by atoms with Gasteiger partial charge >= 0.3 is 0 Å². The number of carbonyl (C=O) groups excluding carboxylic acids is 1. The number of carbonyl (C=O) groups is 1. The van der Waals surface area contributed by atoms with Crippen molar-refractivity contribution < 1.29 is 4.79 Å². The van der Waals surface area contributed by atoms with Crippen molar-refractivity contribution in [2.45, 2.75) is 12.3 Å². The van der Waals surface area contributed by atoms with Crippen molar-refractivity contribution in [1.29, 1.82) is 0 Å². The number of hydrogen-bond donors (Lipinski definition) is 1. The summed E-state index contributed by atoms with van der Waals surface area (Å²) in [5.74, 6) is 0.0301. The molecule has 1 saturated heterocycles. The summed E-state index contributed by atoms with van der Waals surface area (Å²) in [6.45, 7) is 0.829. The van der Waals surface area contributed by atoms with Gasteiger partial charge in [-0.15, -0.1) is 0 Å². The Labute approximate surface area is 112 Å². The third-order valence-corrected chi connectivity index (χ3v) is 3.47. The standard InChI is InChI=1S/C16H16N2O/c19-16-15(13-7-3-1-4-8-13)11-12-18(17-16)14-9-5-2-6-10-14/h1-10,15H,11-12H2,(H,17,19). The van der Waals surface area contributed by atoms with E-state index in [4.69, 9.17) is 0 Å². The van der Waals surface area contributed by atoms with Gasteiger partial charge in [0.1, 0.15) is 0 Å². The van der Waals surface area contributed by atoms with E-state index in [2.05, 4.69) is 5.43 Å². The third kappa shape index (κ3) is 2.45. The van der Waals surface area contributed by atoms with Gasteiger partial charge in [-0.1, -0.05) is 48.5 Å². The molecule has 3 nitrogen and oxygen atoms in total. The van der Waals surface area contributed by atoms with E-state index < -0.39 is 0 Å². The van der Waals surface area contributed by atoms with Gasteiger partial charge < -0.3 is 0 Å². The Morgan fingerprint density at radius 2 is 1.58 bits per heavy atom. The lowest BCUT2D eigenvalue weighted by Crippen LogP contribution is -2.50. The molecule has 0 aliphatic carbocycles. The van der Waals surface area contributed by atoms with Crippen LogP contribution in [0.4, 0.5) is 5.69 Å². The average Bonchev–Trinajstić information content (AvgIpc) is 2.49. The number of benzene rings is 2. The molecule has 0 spiro atoms. The highest BCUT2D eigenvalue weighted by Gasteiger charge is 2.27. The summed E-state index contributed by atoms with van der Waals surface area (Å²) in [4.78, 5) is 12.2. The van der Waals surface area contributed by atoms with Crippen molar-refractivity contribution in [2.75, 3.05) is 11.6 Å². The summed E-state index contributed by atoms with van der Waals surface area (Å²) >= 11 is 0. The zero-order valence-electron chi connectivity index (χ0n) is 10.6. The Morgan fingerprint density at radius 1 is 0.947 bits per heavy atom. The highest BCUT2D eigenvalue weighted by atomic mass is 16.2. The molecule has 0 saturated carbocycles. The molecule has 1 aliphatic heterocycles. The van der Waals surface area contributed by atoms with Crippen LogP contribution >= 0.6 is 0 Å². The number of hydrazine groups is 1. The second kappa shape index (κ2) is 5.14. The maximum Gasteiger partial charge on any atom is 0.246 e. The van der Waals surface area contributed by atoms with Crippen LogP contribution in [0.2, 0.25) is 0 Å². The van der Waals surface area contributed by atoms with Gasteiger partial charge in [0.2, 0.25) is 5.91 Å². The van der Waals surface area contributed by atoms with E-state index >= 15 is 0 Å². The molecule has 1 aliphatic rings. The van der Waals surface area contributed by atoms with E-state index in [1.807, 2.05) is 65.7 Å². The fourth-order valence-corrected chi connectivity index (χ4v) is 2.46. The summed E-state index contributed by atoms with van der Waals surface area (Å²) in [6, 6.07) is 19.9. The molecule has 19 heavy (non-hydrogen) atoms. The minimum Gasteiger partial charge on any atom is -0.286 e. The van der Waals surface area contributed by atoms with Crippen LogP contribution in [0.1, 0.15) is 17.9 Å². The van der Waals surface area contributed by atoms with E-state index in [1.165, 1.54) is 0 Å². The van der Waals surface area contributed by atoms with Gasteiger partial charge in [0, 0.05) is 6.54 Å². The largest absolute Gasteiger partial charge is 0.286 e. The highest BCUT2D eigenvalue weighted by molar-refractivity contribution is 5.86. The number of para-hydroxylation sites is 1. The maximum atomic E-state index is 12.2. The van der Waals surface area contributed by atoms with Crippen LogP contribution in [0.15, 0.2) is 60.7 Å². The lowest BCUT2D eigenvalue weighted by atomic mass is 9.93. The minimum atomic E-state index is -0.0406. The molecule has 1 fully saturated rings. The lowest BCUT2D eigenvalue weighted by molar-refractivity contribution is -0.123. The van der Waals surface area contributed by atoms with Gasteiger partial charge in [-0.25, -0.2) is 0 Å². The Kier molecular flexibility index (Phi) is 3.19. The van der Waals surface area contributed by atoms with E-state index in [0.717, 1.165) is 24.2 Å². The molecule has 1 unspecified atom stereocenters. The zero-order chi connectivity index (χ0) is 13.1. The fraction of sp³-hybridized carbons (Fsp3) is 0.188. The second-order valence-electron chi connectivity index (χ2n) is 4.72. The number of nitrogens with zero attached hydrogens (tertiary/aromatic N) is 1. The van der Waals surface area contributed by atoms with Gasteiger partial charge in [0.05, 0.1) is 11.6 Å². The summed E-state index contributed by atoms with van der Waals surface area (Å²) in [6.07, 6.45) is 0.838. The van der Waals surface area contributed by atoms with Crippen molar-refractivity contribution in [3.63, 3.8) is 0 Å². The van der Waals surface area contributed by atoms with Crippen LogP contribution in [0.5, 0.6) is 0 Å². The van der Waals surface area contributed by atoms with Crippen LogP contribution in [0, 0.1) is 0 Å². The Morgan fingerprint density at radius 3 is 2.21 bits per heavy atom. The molecular weight excluding hydrogens is 236 g/mol. The quantitative estimate of drug-likeness (QED) is 0.891. The van der Waals surface area contributed by atoms with Gasteiger partial charge in [0.25, 0.3) is 0 Å². The number of amides is 1. The molecule has 3 rings (SSSR count). The topological polar surface area (TPSA) is 32.3 Å². The van der Waals surface area contributed by atoms with Crippen LogP contribution in [0.25, 0.3) is 0 Å². The molecule has 1 amide bonds. The van der Waals surface area contributed by atoms with Gasteiger partial charge in [0.15, 0.2) is 0 Å². The smallest absolute Gasteiger partial charge is 0.246 e. The first-order valence-corrected chi connectivity index (χ1v) is 6.52. The molecule has 1 heterocycles. The van der Waals surface area contributed by atoms with Crippen molar-refractivity contribution in [1.82, 2.24) is 5.43 Å². The van der Waals surface area contributed by atoms with Gasteiger partial charge in [-0.2, -0.15) is 0 Å². The summed E-state index contributed by atoms with van der Waals surface area (Å²) in [5, 5.41) is 1.92. The van der Waals surface area contributed by atoms with Crippen LogP contribution < -0.4 is 10.4 Å². The predicted octanol–water partition coefficient (Wildman–Crippen LogP) is 2.71. The SMILES string of the molecule is O=C1NN(c2ccccc2)CCC1c1ccccc1. The Balaban J connectivity index is 1.75. The fourth-order valence-electron chi connectivity index (χ4n) is 2.46. The van der Waals surface area contributed by atoms with E-state index in [1.54, 1.807) is 0 Å². The molecule has 1 atom stereocenters. The minimum absolute atomic E-state index is 0.0406. The molecule has 2 aromatic carbocycles. The number of nitrogens with one attached hydrogen (secondary N) is 1. The first-order chi connectivity index (χ1) is 9.34. The van der Waals surface area contributed by atoms with Crippen molar-refractivity contribution in [2.24, 2.45) is 0 Å². The molecular formula is C16H16N2O. The predicted molar refractivity (Wildman–Crippen MR) is 75.7 cm³/mol. The van der Waals surface area contributed by atoms with Crippen molar-refractivity contribution in [3.05, 3.63) is 66.2 Å². The Hall–Kier alpha value is -2.29. The van der Waals surface area contributed by atoms with E-state index in [9.17, 15) is 4.79 Å². The number of anilines is 1. The van der Waals surface area contributed by atoms with E-state index in [0.29, 0.717) is 0 Å². The summed E-state index contributed by atoms with van der Waals surface area (Å²) in [5.41, 5.74) is 5.10. The normalized spacial score (nSPS) is 19.1. The van der Waals surface area contributed by atoms with E-state index in [-0.39, 0.29) is 11.8 Å². The van der Waals surface area contributed by atoms with Crippen LogP contribution in [-0.4, -0.2) is 12.5 Å². The number of rotatable bonds is 2. The molecule has 1 N–H and O–H groups in total. The molecule has 0 aromatic heterocycles. The molecule has 0 radical (unpaired) electrons. The zero-order valence-corrected chi connectivity index (χ0v) is 10.6. The van der Waals surface area contributed by atoms with Crippen molar-refractivity contribution in [3.8, 4) is 0 Å². The van der Waals surface area contributed by atoms with Gasteiger partial charge in [-0.05, 0) is 24.1 Å². The Bertz CT molecular complexity index is 553. The number of hydrogen-bond acceptors (Lipinski definition) is 2. The second-order valence-corrected chi connectivity index (χ2v) is 4.72.